The van der Waals surface area contributed by atoms with Crippen LogP contribution in [0.3, 0.4) is 0 Å². The average molecular weight is 237 g/mol. The molecule has 1 aliphatic rings. The van der Waals surface area contributed by atoms with E-state index in [0.717, 1.165) is 6.42 Å². The lowest BCUT2D eigenvalue weighted by atomic mass is 9.88. The maximum Gasteiger partial charge on any atom is 0.151 e. The normalized spacial score (nSPS) is 24.8. The Morgan fingerprint density at radius 2 is 2.12 bits per heavy atom. The van der Waals surface area contributed by atoms with Gasteiger partial charge in [-0.05, 0) is 24.8 Å². The Bertz CT molecular complexity index is 380. The summed E-state index contributed by atoms with van der Waals surface area (Å²) in [7, 11) is 0. The molecular formula is C14H20FNO. The van der Waals surface area contributed by atoms with Crippen molar-refractivity contribution in [2.24, 2.45) is 5.92 Å². The van der Waals surface area contributed by atoms with Gasteiger partial charge >= 0.3 is 0 Å². The van der Waals surface area contributed by atoms with Gasteiger partial charge in [-0.3, -0.25) is 0 Å². The van der Waals surface area contributed by atoms with Crippen molar-refractivity contribution in [1.29, 1.82) is 0 Å². The van der Waals surface area contributed by atoms with Crippen LogP contribution in [-0.4, -0.2) is 6.10 Å². The van der Waals surface area contributed by atoms with Gasteiger partial charge in [0.2, 0.25) is 0 Å². The van der Waals surface area contributed by atoms with Crippen molar-refractivity contribution in [1.82, 2.24) is 0 Å². The molecule has 0 bridgehead atoms. The fraction of sp³-hybridized carbons (Fsp3) is 0.571. The SMILES string of the molecule is CC1CCCCC1OCc1cccc(N)c1F. The van der Waals surface area contributed by atoms with Crippen molar-refractivity contribution in [2.75, 3.05) is 5.73 Å². The number of rotatable bonds is 3. The molecule has 3 heteroatoms. The first-order valence-corrected chi connectivity index (χ1v) is 6.33. The Kier molecular flexibility index (Phi) is 4.00. The van der Waals surface area contributed by atoms with Crippen LogP contribution < -0.4 is 5.73 Å². The highest BCUT2D eigenvalue weighted by Crippen LogP contribution is 2.27. The second-order valence-corrected chi connectivity index (χ2v) is 4.93. The molecule has 0 spiro atoms. The van der Waals surface area contributed by atoms with Crippen LogP contribution in [0.4, 0.5) is 10.1 Å². The van der Waals surface area contributed by atoms with Gasteiger partial charge in [0.25, 0.3) is 0 Å². The van der Waals surface area contributed by atoms with Gasteiger partial charge in [0.15, 0.2) is 5.82 Å². The summed E-state index contributed by atoms with van der Waals surface area (Å²) >= 11 is 0. The number of ether oxygens (including phenoxy) is 1. The largest absolute Gasteiger partial charge is 0.396 e. The van der Waals surface area contributed by atoms with E-state index >= 15 is 0 Å². The highest BCUT2D eigenvalue weighted by Gasteiger charge is 2.22. The van der Waals surface area contributed by atoms with Crippen molar-refractivity contribution in [3.63, 3.8) is 0 Å². The van der Waals surface area contributed by atoms with E-state index in [-0.39, 0.29) is 17.6 Å². The number of hydrogen-bond donors (Lipinski definition) is 1. The summed E-state index contributed by atoms with van der Waals surface area (Å²) in [6.07, 6.45) is 5.07. The molecule has 2 N–H and O–H groups in total. The molecule has 1 saturated carbocycles. The van der Waals surface area contributed by atoms with Crippen LogP contribution in [0.2, 0.25) is 0 Å². The van der Waals surface area contributed by atoms with E-state index in [2.05, 4.69) is 6.92 Å². The molecular weight excluding hydrogens is 217 g/mol. The van der Waals surface area contributed by atoms with E-state index in [9.17, 15) is 4.39 Å². The van der Waals surface area contributed by atoms with Gasteiger partial charge in [0.05, 0.1) is 18.4 Å². The maximum atomic E-state index is 13.6. The summed E-state index contributed by atoms with van der Waals surface area (Å²) < 4.78 is 19.5. The van der Waals surface area contributed by atoms with Crippen molar-refractivity contribution < 1.29 is 9.13 Å². The first-order valence-electron chi connectivity index (χ1n) is 6.33. The number of benzene rings is 1. The fourth-order valence-electron chi connectivity index (χ4n) is 2.44. The number of hydrogen-bond acceptors (Lipinski definition) is 2. The summed E-state index contributed by atoms with van der Waals surface area (Å²) in [5, 5.41) is 0. The van der Waals surface area contributed by atoms with E-state index in [0.29, 0.717) is 18.1 Å². The van der Waals surface area contributed by atoms with Crippen LogP contribution in [0.5, 0.6) is 0 Å². The zero-order chi connectivity index (χ0) is 12.3. The van der Waals surface area contributed by atoms with Crippen molar-refractivity contribution in [2.45, 2.75) is 45.3 Å². The zero-order valence-electron chi connectivity index (χ0n) is 10.3. The topological polar surface area (TPSA) is 35.2 Å². The lowest BCUT2D eigenvalue weighted by molar-refractivity contribution is -0.0164. The third-order valence-corrected chi connectivity index (χ3v) is 3.59. The van der Waals surface area contributed by atoms with Gasteiger partial charge in [0.1, 0.15) is 0 Å². The summed E-state index contributed by atoms with van der Waals surface area (Å²) in [4.78, 5) is 0. The minimum Gasteiger partial charge on any atom is -0.396 e. The van der Waals surface area contributed by atoms with Gasteiger partial charge in [-0.2, -0.15) is 0 Å². The molecule has 2 atom stereocenters. The Hall–Kier alpha value is -1.09. The van der Waals surface area contributed by atoms with Crippen LogP contribution in [0.1, 0.15) is 38.2 Å². The van der Waals surface area contributed by atoms with Crippen LogP contribution in [0.15, 0.2) is 18.2 Å². The second kappa shape index (κ2) is 5.50. The smallest absolute Gasteiger partial charge is 0.151 e. The molecule has 2 unspecified atom stereocenters. The van der Waals surface area contributed by atoms with E-state index in [1.54, 1.807) is 18.2 Å². The van der Waals surface area contributed by atoms with E-state index in [1.165, 1.54) is 19.3 Å². The van der Waals surface area contributed by atoms with Crippen molar-refractivity contribution in [3.05, 3.63) is 29.6 Å². The van der Waals surface area contributed by atoms with Gasteiger partial charge in [0, 0.05) is 5.56 Å². The molecule has 0 heterocycles. The van der Waals surface area contributed by atoms with Gasteiger partial charge in [-0.15, -0.1) is 0 Å². The first-order chi connectivity index (χ1) is 8.18. The molecule has 1 fully saturated rings. The standard InChI is InChI=1S/C14H20FNO/c1-10-5-2-3-8-13(10)17-9-11-6-4-7-12(16)14(11)15/h4,6-7,10,13H,2-3,5,8-9,16H2,1H3. The third-order valence-electron chi connectivity index (χ3n) is 3.59. The first kappa shape index (κ1) is 12.4. The highest BCUT2D eigenvalue weighted by molar-refractivity contribution is 5.42. The van der Waals surface area contributed by atoms with Gasteiger partial charge < -0.3 is 10.5 Å². The molecule has 0 radical (unpaired) electrons. The van der Waals surface area contributed by atoms with Gasteiger partial charge in [-0.1, -0.05) is 31.9 Å². The molecule has 1 aliphatic carbocycles. The predicted molar refractivity (Wildman–Crippen MR) is 67.0 cm³/mol. The summed E-state index contributed by atoms with van der Waals surface area (Å²) in [5.41, 5.74) is 6.28. The van der Waals surface area contributed by atoms with E-state index < -0.39 is 0 Å². The summed E-state index contributed by atoms with van der Waals surface area (Å²) in [6.45, 7) is 2.53. The van der Waals surface area contributed by atoms with Crippen LogP contribution in [0, 0.1) is 11.7 Å². The Morgan fingerprint density at radius 3 is 2.88 bits per heavy atom. The zero-order valence-corrected chi connectivity index (χ0v) is 10.3. The van der Waals surface area contributed by atoms with Crippen molar-refractivity contribution in [3.8, 4) is 0 Å². The van der Waals surface area contributed by atoms with Crippen LogP contribution >= 0.6 is 0 Å². The predicted octanol–water partition coefficient (Wildman–Crippen LogP) is 3.50. The molecule has 2 nitrogen and oxygen atoms in total. The quantitative estimate of drug-likeness (QED) is 0.816. The molecule has 0 amide bonds. The Labute approximate surface area is 102 Å². The number of halogens is 1. The van der Waals surface area contributed by atoms with Gasteiger partial charge in [-0.25, -0.2) is 4.39 Å². The minimum atomic E-state index is -0.337. The molecule has 2 rings (SSSR count). The van der Waals surface area contributed by atoms with E-state index in [1.807, 2.05) is 0 Å². The molecule has 0 aliphatic heterocycles. The molecule has 94 valence electrons. The second-order valence-electron chi connectivity index (χ2n) is 4.93. The molecule has 0 saturated heterocycles. The lowest BCUT2D eigenvalue weighted by Gasteiger charge is -2.28. The summed E-state index contributed by atoms with van der Waals surface area (Å²) in [6, 6.07) is 5.07. The molecule has 17 heavy (non-hydrogen) atoms. The Morgan fingerprint density at radius 1 is 1.35 bits per heavy atom. The molecule has 0 aromatic heterocycles. The average Bonchev–Trinajstić information content (AvgIpc) is 2.33. The Balaban J connectivity index is 1.95. The third kappa shape index (κ3) is 2.97. The van der Waals surface area contributed by atoms with E-state index in [4.69, 9.17) is 10.5 Å². The van der Waals surface area contributed by atoms with Crippen LogP contribution in [-0.2, 0) is 11.3 Å². The minimum absolute atomic E-state index is 0.197. The highest BCUT2D eigenvalue weighted by atomic mass is 19.1. The fourth-order valence-corrected chi connectivity index (χ4v) is 2.44. The summed E-state index contributed by atoms with van der Waals surface area (Å²) in [5.74, 6) is 0.240. The number of nitrogen functional groups attached to an aromatic ring is 1. The molecule has 1 aromatic carbocycles. The van der Waals surface area contributed by atoms with Crippen molar-refractivity contribution >= 4 is 5.69 Å². The monoisotopic (exact) mass is 237 g/mol. The number of nitrogens with two attached hydrogens (primary N) is 1. The lowest BCUT2D eigenvalue weighted by Crippen LogP contribution is -2.25. The maximum absolute atomic E-state index is 13.6. The number of anilines is 1. The molecule has 1 aromatic rings. The van der Waals surface area contributed by atoms with Crippen LogP contribution in [0.25, 0.3) is 0 Å².